The summed E-state index contributed by atoms with van der Waals surface area (Å²) in [5.74, 6) is -0.0764. The first-order chi connectivity index (χ1) is 11.0. The average Bonchev–Trinajstić information content (AvgIpc) is 2.53. The molecule has 0 aliphatic rings. The molecule has 1 amide bonds. The van der Waals surface area contributed by atoms with Gasteiger partial charge in [-0.2, -0.15) is 0 Å². The molecule has 0 aliphatic heterocycles. The van der Waals surface area contributed by atoms with Crippen LogP contribution in [0.2, 0.25) is 5.02 Å². The number of benzene rings is 1. The van der Waals surface area contributed by atoms with E-state index in [1.165, 1.54) is 18.3 Å². The number of aromatic nitrogens is 1. The van der Waals surface area contributed by atoms with E-state index in [0.717, 1.165) is 6.07 Å². The van der Waals surface area contributed by atoms with Gasteiger partial charge < -0.3 is 15.8 Å². The monoisotopic (exact) mass is 336 g/mol. The van der Waals surface area contributed by atoms with Crippen LogP contribution in [0.15, 0.2) is 36.5 Å². The van der Waals surface area contributed by atoms with Crippen LogP contribution in [-0.2, 0) is 0 Å². The van der Waals surface area contributed by atoms with Crippen molar-refractivity contribution in [3.63, 3.8) is 0 Å². The minimum atomic E-state index is -0.637. The molecule has 23 heavy (non-hydrogen) atoms. The highest BCUT2D eigenvalue weighted by Gasteiger charge is 2.15. The molecule has 2 aromatic rings. The van der Waals surface area contributed by atoms with Crippen LogP contribution in [0.4, 0.5) is 11.4 Å². The zero-order valence-corrected chi connectivity index (χ0v) is 12.6. The molecular formula is C14H13ClN4O4. The van der Waals surface area contributed by atoms with Crippen LogP contribution in [-0.4, -0.2) is 29.0 Å². The molecule has 0 spiro atoms. The fraction of sp³-hybridized carbons (Fsp3) is 0.143. The number of nitrogen functional groups attached to an aromatic ring is 1. The van der Waals surface area contributed by atoms with Crippen molar-refractivity contribution < 1.29 is 14.5 Å². The van der Waals surface area contributed by atoms with Crippen LogP contribution in [0.5, 0.6) is 5.88 Å². The number of rotatable bonds is 6. The molecule has 0 saturated carbocycles. The lowest BCUT2D eigenvalue weighted by molar-refractivity contribution is -0.383. The maximum Gasteiger partial charge on any atom is 0.292 e. The minimum absolute atomic E-state index is 0.00342. The number of nitrogens with one attached hydrogen (secondary N) is 1. The van der Waals surface area contributed by atoms with Gasteiger partial charge in [0.15, 0.2) is 0 Å². The van der Waals surface area contributed by atoms with Crippen LogP contribution >= 0.6 is 11.6 Å². The predicted molar refractivity (Wildman–Crippen MR) is 84.6 cm³/mol. The first-order valence-electron chi connectivity index (χ1n) is 6.54. The number of nitro groups is 1. The fourth-order valence-corrected chi connectivity index (χ4v) is 1.82. The Morgan fingerprint density at radius 1 is 1.39 bits per heavy atom. The highest BCUT2D eigenvalue weighted by Crippen LogP contribution is 2.22. The summed E-state index contributed by atoms with van der Waals surface area (Å²) >= 11 is 5.70. The van der Waals surface area contributed by atoms with Gasteiger partial charge in [-0.3, -0.25) is 14.9 Å². The molecule has 0 unspecified atom stereocenters. The van der Waals surface area contributed by atoms with Crippen LogP contribution in [0, 0.1) is 10.1 Å². The van der Waals surface area contributed by atoms with E-state index < -0.39 is 10.8 Å². The molecule has 0 fully saturated rings. The third kappa shape index (κ3) is 4.55. The van der Waals surface area contributed by atoms with Crippen molar-refractivity contribution in [2.24, 2.45) is 0 Å². The topological polar surface area (TPSA) is 120 Å². The number of nitro benzene ring substituents is 1. The molecular weight excluding hydrogens is 324 g/mol. The Balaban J connectivity index is 1.86. The molecule has 0 atom stereocenters. The number of anilines is 1. The number of hydrogen-bond donors (Lipinski definition) is 2. The molecule has 0 bridgehead atoms. The molecule has 0 radical (unpaired) electrons. The van der Waals surface area contributed by atoms with Crippen molar-refractivity contribution in [3.8, 4) is 5.88 Å². The fourth-order valence-electron chi connectivity index (χ4n) is 1.71. The molecule has 3 N–H and O–H groups in total. The van der Waals surface area contributed by atoms with E-state index in [4.69, 9.17) is 22.1 Å². The van der Waals surface area contributed by atoms with Gasteiger partial charge >= 0.3 is 0 Å². The quantitative estimate of drug-likeness (QED) is 0.360. The lowest BCUT2D eigenvalue weighted by Crippen LogP contribution is -2.28. The third-order valence-corrected chi connectivity index (χ3v) is 3.05. The van der Waals surface area contributed by atoms with Crippen molar-refractivity contribution in [1.82, 2.24) is 10.3 Å². The Morgan fingerprint density at radius 3 is 2.83 bits per heavy atom. The Labute approximate surface area is 136 Å². The largest absolute Gasteiger partial charge is 0.476 e. The highest BCUT2D eigenvalue weighted by atomic mass is 35.5. The second-order valence-electron chi connectivity index (χ2n) is 4.45. The summed E-state index contributed by atoms with van der Waals surface area (Å²) in [6, 6.07) is 7.11. The second-order valence-corrected chi connectivity index (χ2v) is 4.89. The number of amides is 1. The maximum absolute atomic E-state index is 11.9. The van der Waals surface area contributed by atoms with Gasteiger partial charge in [0.05, 0.1) is 16.5 Å². The SMILES string of the molecule is Nc1ccc(C(=O)NCCOc2ccc(Cl)cn2)cc1[N+](=O)[O-]. The van der Waals surface area contributed by atoms with Gasteiger partial charge in [-0.1, -0.05) is 11.6 Å². The number of nitrogens with zero attached hydrogens (tertiary/aromatic N) is 2. The van der Waals surface area contributed by atoms with Gasteiger partial charge in [0.2, 0.25) is 5.88 Å². The van der Waals surface area contributed by atoms with Crippen LogP contribution in [0.1, 0.15) is 10.4 Å². The summed E-state index contributed by atoms with van der Waals surface area (Å²) in [5, 5.41) is 13.9. The smallest absolute Gasteiger partial charge is 0.292 e. The number of nitrogens with two attached hydrogens (primary N) is 1. The summed E-state index contributed by atoms with van der Waals surface area (Å²) in [5.41, 5.74) is 5.32. The van der Waals surface area contributed by atoms with Crippen LogP contribution < -0.4 is 15.8 Å². The van der Waals surface area contributed by atoms with Gasteiger partial charge in [-0.05, 0) is 18.2 Å². The number of halogens is 1. The number of pyridine rings is 1. The zero-order chi connectivity index (χ0) is 16.8. The standard InChI is InChI=1S/C14H13ClN4O4/c15-10-2-4-13(18-8-10)23-6-5-17-14(20)9-1-3-11(16)12(7-9)19(21)22/h1-4,7-8H,5-6,16H2,(H,17,20). The molecule has 1 aromatic heterocycles. The highest BCUT2D eigenvalue weighted by molar-refractivity contribution is 6.30. The summed E-state index contributed by atoms with van der Waals surface area (Å²) in [4.78, 5) is 26.0. The number of hydrogen-bond acceptors (Lipinski definition) is 6. The van der Waals surface area contributed by atoms with E-state index in [-0.39, 0.29) is 30.1 Å². The molecule has 1 heterocycles. The van der Waals surface area contributed by atoms with E-state index in [9.17, 15) is 14.9 Å². The molecule has 9 heteroatoms. The van der Waals surface area contributed by atoms with E-state index in [1.807, 2.05) is 0 Å². The number of carbonyl (C=O) groups excluding carboxylic acids is 1. The van der Waals surface area contributed by atoms with Crippen LogP contribution in [0.25, 0.3) is 0 Å². The lowest BCUT2D eigenvalue weighted by atomic mass is 10.1. The Kier molecular flexibility index (Phi) is 5.32. The molecule has 0 saturated heterocycles. The maximum atomic E-state index is 11.9. The summed E-state index contributed by atoms with van der Waals surface area (Å²) < 4.78 is 5.32. The van der Waals surface area contributed by atoms with Crippen LogP contribution in [0.3, 0.4) is 0 Å². The number of carbonyl (C=O) groups is 1. The van der Waals surface area contributed by atoms with Crippen molar-refractivity contribution in [2.45, 2.75) is 0 Å². The Bertz CT molecular complexity index is 721. The van der Waals surface area contributed by atoms with E-state index in [1.54, 1.807) is 12.1 Å². The Hall–Kier alpha value is -2.87. The lowest BCUT2D eigenvalue weighted by Gasteiger charge is -2.07. The van der Waals surface area contributed by atoms with E-state index >= 15 is 0 Å². The molecule has 8 nitrogen and oxygen atoms in total. The predicted octanol–water partition coefficient (Wildman–Crippen LogP) is 2.03. The molecule has 1 aromatic carbocycles. The summed E-state index contributed by atoms with van der Waals surface area (Å²) in [6.45, 7) is 0.402. The third-order valence-electron chi connectivity index (χ3n) is 2.83. The van der Waals surface area contributed by atoms with Crippen molar-refractivity contribution in [2.75, 3.05) is 18.9 Å². The van der Waals surface area contributed by atoms with Gasteiger partial charge in [0.25, 0.3) is 11.6 Å². The van der Waals surface area contributed by atoms with Gasteiger partial charge in [0, 0.05) is 23.9 Å². The van der Waals surface area contributed by atoms with E-state index in [2.05, 4.69) is 10.3 Å². The number of ether oxygens (including phenoxy) is 1. The average molecular weight is 337 g/mol. The second kappa shape index (κ2) is 7.41. The first-order valence-corrected chi connectivity index (χ1v) is 6.91. The Morgan fingerprint density at radius 2 is 2.17 bits per heavy atom. The minimum Gasteiger partial charge on any atom is -0.476 e. The zero-order valence-electron chi connectivity index (χ0n) is 11.9. The van der Waals surface area contributed by atoms with Crippen molar-refractivity contribution in [1.29, 1.82) is 0 Å². The van der Waals surface area contributed by atoms with E-state index in [0.29, 0.717) is 10.9 Å². The molecule has 2 rings (SSSR count). The van der Waals surface area contributed by atoms with Crippen molar-refractivity contribution in [3.05, 3.63) is 57.2 Å². The normalized spacial score (nSPS) is 10.1. The summed E-state index contributed by atoms with van der Waals surface area (Å²) in [6.07, 6.45) is 1.45. The van der Waals surface area contributed by atoms with Crippen molar-refractivity contribution >= 4 is 28.9 Å². The van der Waals surface area contributed by atoms with Gasteiger partial charge in [0.1, 0.15) is 12.3 Å². The molecule has 0 aliphatic carbocycles. The first kappa shape index (κ1) is 16.5. The molecule has 120 valence electrons. The van der Waals surface area contributed by atoms with Gasteiger partial charge in [-0.15, -0.1) is 0 Å². The summed E-state index contributed by atoms with van der Waals surface area (Å²) in [7, 11) is 0. The van der Waals surface area contributed by atoms with Gasteiger partial charge in [-0.25, -0.2) is 4.98 Å².